The van der Waals surface area contributed by atoms with Crippen molar-refractivity contribution in [3.63, 3.8) is 0 Å². The minimum absolute atomic E-state index is 0.0390. The van der Waals surface area contributed by atoms with Crippen molar-refractivity contribution in [3.05, 3.63) is 102 Å². The van der Waals surface area contributed by atoms with Gasteiger partial charge in [-0.1, -0.05) is 92.7 Å². The molecule has 4 nitrogen and oxygen atoms in total. The number of hydrogen-bond acceptors (Lipinski definition) is 3. The Kier molecular flexibility index (Phi) is 4.72. The Labute approximate surface area is 205 Å². The lowest BCUT2D eigenvalue weighted by Gasteiger charge is -2.38. The first-order chi connectivity index (χ1) is 17.0. The fourth-order valence-electron chi connectivity index (χ4n) is 7.29. The van der Waals surface area contributed by atoms with Gasteiger partial charge in [-0.25, -0.2) is 4.90 Å². The number of carbonyl (C=O) groups excluding carboxylic acids is 3. The van der Waals surface area contributed by atoms with Gasteiger partial charge >= 0.3 is 0 Å². The van der Waals surface area contributed by atoms with Gasteiger partial charge in [-0.05, 0) is 47.2 Å². The number of hydrogen-bond donors (Lipinski definition) is 0. The molecular formula is C31H27NO3. The highest BCUT2D eigenvalue weighted by molar-refractivity contribution is 6.34. The molecule has 4 heteroatoms. The SMILES string of the molecule is CC[C@]12C(=O)[C@](CC)(C(c3ccccc3)=C1c1ccccc1)[C@H]1C(=O)N(c3ccccc3)C(=O)[C@H]12. The quantitative estimate of drug-likeness (QED) is 0.452. The van der Waals surface area contributed by atoms with E-state index in [1.807, 2.05) is 92.7 Å². The molecule has 1 heterocycles. The average Bonchev–Trinajstić information content (AvgIpc) is 3.41. The molecule has 174 valence electrons. The van der Waals surface area contributed by atoms with Crippen LogP contribution in [0.3, 0.4) is 0 Å². The van der Waals surface area contributed by atoms with Crippen LogP contribution in [0.2, 0.25) is 0 Å². The lowest BCUT2D eigenvalue weighted by molar-refractivity contribution is -0.134. The summed E-state index contributed by atoms with van der Waals surface area (Å²) in [5, 5.41) is 0. The third kappa shape index (κ3) is 2.49. The van der Waals surface area contributed by atoms with Gasteiger partial charge in [-0.3, -0.25) is 14.4 Å². The summed E-state index contributed by atoms with van der Waals surface area (Å²) in [6.07, 6.45) is 0.938. The number of para-hydroxylation sites is 1. The second-order valence-corrected chi connectivity index (χ2v) is 9.76. The number of rotatable bonds is 5. The average molecular weight is 462 g/mol. The standard InChI is InChI=1S/C31H27NO3/c1-3-30-23(20-14-8-5-9-15-20)24(21-16-10-6-11-17-21)31(4-2,29(30)35)26-25(30)27(33)32(28(26)34)22-18-12-7-13-19-22/h5-19,25-26H,3-4H2,1-2H3/t25-,26+,30-,31+. The van der Waals surface area contributed by atoms with Crippen molar-refractivity contribution in [1.82, 2.24) is 0 Å². The van der Waals surface area contributed by atoms with Crippen LogP contribution in [0.5, 0.6) is 0 Å². The molecule has 3 aliphatic rings. The molecule has 3 aromatic carbocycles. The summed E-state index contributed by atoms with van der Waals surface area (Å²) in [5.74, 6) is -1.86. The van der Waals surface area contributed by atoms with Crippen LogP contribution in [0.4, 0.5) is 5.69 Å². The Balaban J connectivity index is 1.69. The minimum atomic E-state index is -1.04. The van der Waals surface area contributed by atoms with Gasteiger partial charge in [0, 0.05) is 0 Å². The van der Waals surface area contributed by atoms with Crippen LogP contribution in [0, 0.1) is 22.7 Å². The molecule has 0 N–H and O–H groups in total. The smallest absolute Gasteiger partial charge is 0.239 e. The number of ketones is 1. The summed E-state index contributed by atoms with van der Waals surface area (Å²) in [4.78, 5) is 44.2. The van der Waals surface area contributed by atoms with E-state index in [4.69, 9.17) is 0 Å². The van der Waals surface area contributed by atoms with E-state index in [1.54, 1.807) is 12.1 Å². The van der Waals surface area contributed by atoms with Crippen molar-refractivity contribution in [1.29, 1.82) is 0 Å². The monoisotopic (exact) mass is 461 g/mol. The zero-order valence-corrected chi connectivity index (χ0v) is 19.9. The Morgan fingerprint density at radius 1 is 0.600 bits per heavy atom. The molecule has 6 rings (SSSR count). The summed E-state index contributed by atoms with van der Waals surface area (Å²) < 4.78 is 0. The third-order valence-electron chi connectivity index (χ3n) is 8.58. The van der Waals surface area contributed by atoms with Crippen LogP contribution < -0.4 is 4.90 Å². The second kappa shape index (κ2) is 7.61. The van der Waals surface area contributed by atoms with Crippen molar-refractivity contribution in [2.24, 2.45) is 22.7 Å². The molecular weight excluding hydrogens is 434 g/mol. The van der Waals surface area contributed by atoms with Gasteiger partial charge in [0.2, 0.25) is 11.8 Å². The summed E-state index contributed by atoms with van der Waals surface area (Å²) in [7, 11) is 0. The highest BCUT2D eigenvalue weighted by Crippen LogP contribution is 2.75. The van der Waals surface area contributed by atoms with Crippen molar-refractivity contribution in [2.45, 2.75) is 26.7 Å². The molecule has 0 aromatic heterocycles. The van der Waals surface area contributed by atoms with Crippen LogP contribution in [-0.4, -0.2) is 17.6 Å². The number of fused-ring (bicyclic) bond motifs is 5. The molecule has 1 saturated carbocycles. The topological polar surface area (TPSA) is 54.5 Å². The van der Waals surface area contributed by atoms with Gasteiger partial charge in [0.25, 0.3) is 0 Å². The van der Waals surface area contributed by atoms with Gasteiger partial charge in [0.15, 0.2) is 5.78 Å². The van der Waals surface area contributed by atoms with E-state index in [0.29, 0.717) is 18.5 Å². The summed E-state index contributed by atoms with van der Waals surface area (Å²) in [5.41, 5.74) is 2.26. The maximum absolute atomic E-state index is 14.6. The summed E-state index contributed by atoms with van der Waals surface area (Å²) >= 11 is 0. The number of nitrogens with zero attached hydrogens (tertiary/aromatic N) is 1. The molecule has 2 fully saturated rings. The number of Topliss-reactive ketones (excluding diaryl/α,β-unsaturated/α-hetero) is 1. The lowest BCUT2D eigenvalue weighted by Crippen LogP contribution is -2.41. The molecule has 0 unspecified atom stereocenters. The van der Waals surface area contributed by atoms with E-state index in [9.17, 15) is 14.4 Å². The molecule has 1 aliphatic heterocycles. The molecule has 0 spiro atoms. The molecule has 2 bridgehead atoms. The van der Waals surface area contributed by atoms with E-state index in [0.717, 1.165) is 22.3 Å². The van der Waals surface area contributed by atoms with Crippen LogP contribution in [0.25, 0.3) is 11.1 Å². The van der Waals surface area contributed by atoms with Crippen LogP contribution in [0.1, 0.15) is 37.8 Å². The van der Waals surface area contributed by atoms with Crippen molar-refractivity contribution in [3.8, 4) is 0 Å². The van der Waals surface area contributed by atoms with E-state index in [1.165, 1.54) is 4.90 Å². The number of imide groups is 1. The minimum Gasteiger partial charge on any atom is -0.298 e. The number of carbonyl (C=O) groups is 3. The lowest BCUT2D eigenvalue weighted by atomic mass is 9.60. The zero-order valence-electron chi connectivity index (χ0n) is 19.9. The van der Waals surface area contributed by atoms with E-state index in [-0.39, 0.29) is 17.6 Å². The molecule has 35 heavy (non-hydrogen) atoms. The predicted octanol–water partition coefficient (Wildman–Crippen LogP) is 5.79. The van der Waals surface area contributed by atoms with Crippen molar-refractivity contribution < 1.29 is 14.4 Å². The number of amides is 2. The highest BCUT2D eigenvalue weighted by atomic mass is 16.2. The van der Waals surface area contributed by atoms with Crippen molar-refractivity contribution >= 4 is 34.4 Å². The van der Waals surface area contributed by atoms with Gasteiger partial charge in [0.1, 0.15) is 0 Å². The Morgan fingerprint density at radius 3 is 1.34 bits per heavy atom. The number of benzene rings is 3. The fourth-order valence-corrected chi connectivity index (χ4v) is 7.29. The zero-order chi connectivity index (χ0) is 24.4. The Morgan fingerprint density at radius 2 is 0.971 bits per heavy atom. The maximum Gasteiger partial charge on any atom is 0.239 e. The van der Waals surface area contributed by atoms with Gasteiger partial charge in [-0.15, -0.1) is 0 Å². The summed E-state index contributed by atoms with van der Waals surface area (Å²) in [6.45, 7) is 3.97. The van der Waals surface area contributed by atoms with E-state index >= 15 is 0 Å². The first kappa shape index (κ1) is 21.7. The second-order valence-electron chi connectivity index (χ2n) is 9.76. The third-order valence-corrected chi connectivity index (χ3v) is 8.58. The maximum atomic E-state index is 14.6. The van der Waals surface area contributed by atoms with Gasteiger partial charge in [-0.2, -0.15) is 0 Å². The normalized spacial score (nSPS) is 29.3. The fraction of sp³-hybridized carbons (Fsp3) is 0.258. The highest BCUT2D eigenvalue weighted by Gasteiger charge is 2.80. The molecule has 1 saturated heterocycles. The first-order valence-electron chi connectivity index (χ1n) is 12.4. The number of anilines is 1. The van der Waals surface area contributed by atoms with E-state index < -0.39 is 22.7 Å². The summed E-state index contributed by atoms with van der Waals surface area (Å²) in [6, 6.07) is 29.0. The largest absolute Gasteiger partial charge is 0.298 e. The van der Waals surface area contributed by atoms with Crippen LogP contribution in [-0.2, 0) is 14.4 Å². The molecule has 3 aromatic rings. The van der Waals surface area contributed by atoms with Crippen molar-refractivity contribution in [2.75, 3.05) is 4.90 Å². The first-order valence-corrected chi connectivity index (χ1v) is 12.4. The number of allylic oxidation sites excluding steroid dienone is 2. The predicted molar refractivity (Wildman–Crippen MR) is 136 cm³/mol. The van der Waals surface area contributed by atoms with E-state index in [2.05, 4.69) is 0 Å². The van der Waals surface area contributed by atoms with Gasteiger partial charge in [0.05, 0.1) is 28.4 Å². The Bertz CT molecular complexity index is 1290. The molecule has 2 amide bonds. The molecule has 0 radical (unpaired) electrons. The van der Waals surface area contributed by atoms with Crippen LogP contribution >= 0.6 is 0 Å². The van der Waals surface area contributed by atoms with Crippen LogP contribution in [0.15, 0.2) is 91.0 Å². The Hall–Kier alpha value is -3.79. The molecule has 2 aliphatic carbocycles. The molecule has 4 atom stereocenters. The van der Waals surface area contributed by atoms with Gasteiger partial charge < -0.3 is 0 Å².